The molecule has 0 amide bonds. The Hall–Kier alpha value is -0.340. The lowest BCUT2D eigenvalue weighted by Crippen LogP contribution is -1.96. The van der Waals surface area contributed by atoms with E-state index < -0.39 is 0 Å². The standard InChI is InChI=1S/C5H11NO/c1-5(4-7)2-3-6/h2,7H,3-4,6H2,1H3. The predicted octanol–water partition coefficient (Wildman–Crippen LogP) is -0.116. The van der Waals surface area contributed by atoms with Gasteiger partial charge >= 0.3 is 0 Å². The summed E-state index contributed by atoms with van der Waals surface area (Å²) in [5, 5.41) is 8.34. The van der Waals surface area contributed by atoms with Gasteiger partial charge in [-0.05, 0) is 6.92 Å². The van der Waals surface area contributed by atoms with Gasteiger partial charge in [-0.1, -0.05) is 11.6 Å². The van der Waals surface area contributed by atoms with E-state index in [0.29, 0.717) is 6.54 Å². The number of aliphatic hydroxyl groups excluding tert-OH is 1. The van der Waals surface area contributed by atoms with Crippen molar-refractivity contribution in [2.24, 2.45) is 5.73 Å². The summed E-state index contributed by atoms with van der Waals surface area (Å²) in [6.45, 7) is 2.48. The second-order valence-electron chi connectivity index (χ2n) is 1.44. The number of hydrogen-bond acceptors (Lipinski definition) is 2. The van der Waals surface area contributed by atoms with Crippen LogP contribution < -0.4 is 5.73 Å². The molecule has 7 heavy (non-hydrogen) atoms. The van der Waals surface area contributed by atoms with E-state index in [9.17, 15) is 0 Å². The summed E-state index contributed by atoms with van der Waals surface area (Å²) in [4.78, 5) is 0. The minimum atomic E-state index is 0.122. The van der Waals surface area contributed by atoms with Gasteiger partial charge in [-0.25, -0.2) is 0 Å². The molecule has 42 valence electrons. The molecule has 2 nitrogen and oxygen atoms in total. The number of aliphatic hydroxyl groups is 1. The Morgan fingerprint density at radius 2 is 2.43 bits per heavy atom. The molecule has 0 spiro atoms. The molecule has 0 aliphatic heterocycles. The summed E-state index contributed by atoms with van der Waals surface area (Å²) in [5.74, 6) is 0. The third-order valence-corrected chi connectivity index (χ3v) is 0.716. The average Bonchev–Trinajstić information content (AvgIpc) is 1.68. The first-order chi connectivity index (χ1) is 3.31. The van der Waals surface area contributed by atoms with Gasteiger partial charge < -0.3 is 10.8 Å². The van der Waals surface area contributed by atoms with Crippen LogP contribution in [0.4, 0.5) is 0 Å². The zero-order valence-corrected chi connectivity index (χ0v) is 4.52. The van der Waals surface area contributed by atoms with Crippen molar-refractivity contribution < 1.29 is 5.11 Å². The van der Waals surface area contributed by atoms with Crippen LogP contribution in [0, 0.1) is 0 Å². The Morgan fingerprint density at radius 1 is 1.86 bits per heavy atom. The second kappa shape index (κ2) is 3.84. The molecule has 0 aliphatic carbocycles. The van der Waals surface area contributed by atoms with E-state index >= 15 is 0 Å². The van der Waals surface area contributed by atoms with Gasteiger partial charge in [0.25, 0.3) is 0 Å². The summed E-state index contributed by atoms with van der Waals surface area (Å²) >= 11 is 0. The van der Waals surface area contributed by atoms with Gasteiger partial charge in [-0.3, -0.25) is 0 Å². The van der Waals surface area contributed by atoms with Crippen molar-refractivity contribution in [1.29, 1.82) is 0 Å². The Labute approximate surface area is 43.6 Å². The maximum absolute atomic E-state index is 8.34. The van der Waals surface area contributed by atoms with Crippen molar-refractivity contribution >= 4 is 0 Å². The van der Waals surface area contributed by atoms with Crippen molar-refractivity contribution in [3.63, 3.8) is 0 Å². The van der Waals surface area contributed by atoms with Crippen LogP contribution in [-0.2, 0) is 0 Å². The van der Waals surface area contributed by atoms with Gasteiger partial charge in [0, 0.05) is 6.54 Å². The summed E-state index contributed by atoms with van der Waals surface area (Å²) in [6, 6.07) is 0. The van der Waals surface area contributed by atoms with E-state index in [2.05, 4.69) is 0 Å². The summed E-state index contributed by atoms with van der Waals surface area (Å²) in [7, 11) is 0. The van der Waals surface area contributed by atoms with E-state index in [4.69, 9.17) is 10.8 Å². The minimum absolute atomic E-state index is 0.122. The number of nitrogens with two attached hydrogens (primary N) is 1. The van der Waals surface area contributed by atoms with E-state index in [1.807, 2.05) is 6.92 Å². The van der Waals surface area contributed by atoms with Crippen LogP contribution in [0.15, 0.2) is 11.6 Å². The molecule has 0 aromatic rings. The van der Waals surface area contributed by atoms with Crippen molar-refractivity contribution in [1.82, 2.24) is 0 Å². The Kier molecular flexibility index (Phi) is 3.65. The lowest BCUT2D eigenvalue weighted by atomic mass is 10.3. The lowest BCUT2D eigenvalue weighted by Gasteiger charge is -1.88. The van der Waals surface area contributed by atoms with E-state index in [1.54, 1.807) is 6.08 Å². The maximum Gasteiger partial charge on any atom is 0.0639 e. The van der Waals surface area contributed by atoms with Crippen molar-refractivity contribution in [2.45, 2.75) is 6.92 Å². The van der Waals surface area contributed by atoms with Gasteiger partial charge in [0.2, 0.25) is 0 Å². The van der Waals surface area contributed by atoms with Crippen LogP contribution in [0.5, 0.6) is 0 Å². The molecule has 0 aliphatic rings. The van der Waals surface area contributed by atoms with E-state index in [0.717, 1.165) is 5.57 Å². The monoisotopic (exact) mass is 101 g/mol. The fourth-order valence-electron chi connectivity index (χ4n) is 0.266. The van der Waals surface area contributed by atoms with Crippen molar-refractivity contribution in [2.75, 3.05) is 13.2 Å². The summed E-state index contributed by atoms with van der Waals surface area (Å²) in [6.07, 6.45) is 1.79. The first-order valence-electron chi connectivity index (χ1n) is 2.27. The highest BCUT2D eigenvalue weighted by atomic mass is 16.3. The molecular weight excluding hydrogens is 90.1 g/mol. The van der Waals surface area contributed by atoms with Gasteiger partial charge in [0.05, 0.1) is 6.61 Å². The maximum atomic E-state index is 8.34. The van der Waals surface area contributed by atoms with Crippen molar-refractivity contribution in [3.05, 3.63) is 11.6 Å². The number of hydrogen-bond donors (Lipinski definition) is 2. The van der Waals surface area contributed by atoms with E-state index in [1.165, 1.54) is 0 Å². The quantitative estimate of drug-likeness (QED) is 0.476. The fraction of sp³-hybridized carbons (Fsp3) is 0.600. The highest BCUT2D eigenvalue weighted by molar-refractivity contribution is 4.97. The van der Waals surface area contributed by atoms with Crippen LogP contribution in [0.2, 0.25) is 0 Å². The van der Waals surface area contributed by atoms with Gasteiger partial charge in [-0.15, -0.1) is 0 Å². The molecule has 0 radical (unpaired) electrons. The Balaban J connectivity index is 3.29. The van der Waals surface area contributed by atoms with Crippen LogP contribution in [0.3, 0.4) is 0 Å². The molecule has 0 rings (SSSR count). The van der Waals surface area contributed by atoms with Gasteiger partial charge in [0.15, 0.2) is 0 Å². The molecule has 0 bridgehead atoms. The van der Waals surface area contributed by atoms with Gasteiger partial charge in [-0.2, -0.15) is 0 Å². The summed E-state index contributed by atoms with van der Waals surface area (Å²) < 4.78 is 0. The van der Waals surface area contributed by atoms with Crippen molar-refractivity contribution in [3.8, 4) is 0 Å². The van der Waals surface area contributed by atoms with Gasteiger partial charge in [0.1, 0.15) is 0 Å². The molecule has 0 aromatic heterocycles. The number of rotatable bonds is 2. The Morgan fingerprint density at radius 3 is 2.57 bits per heavy atom. The Bertz CT molecular complexity index is 68.5. The third kappa shape index (κ3) is 3.49. The molecule has 0 atom stereocenters. The molecule has 0 saturated heterocycles. The molecule has 0 aromatic carbocycles. The molecule has 0 heterocycles. The van der Waals surface area contributed by atoms with Crippen LogP contribution in [0.1, 0.15) is 6.92 Å². The molecule has 3 N–H and O–H groups in total. The van der Waals surface area contributed by atoms with Crippen LogP contribution in [-0.4, -0.2) is 18.3 Å². The SMILES string of the molecule is CC(=CCN)CO. The summed E-state index contributed by atoms with van der Waals surface area (Å²) in [5.41, 5.74) is 6.05. The van der Waals surface area contributed by atoms with Crippen LogP contribution >= 0.6 is 0 Å². The largest absolute Gasteiger partial charge is 0.392 e. The lowest BCUT2D eigenvalue weighted by molar-refractivity contribution is 0.331. The zero-order chi connectivity index (χ0) is 5.70. The second-order valence-corrected chi connectivity index (χ2v) is 1.44. The third-order valence-electron chi connectivity index (χ3n) is 0.716. The highest BCUT2D eigenvalue weighted by Gasteiger charge is 1.78. The van der Waals surface area contributed by atoms with Crippen LogP contribution in [0.25, 0.3) is 0 Å². The normalized spacial score (nSPS) is 12.1. The highest BCUT2D eigenvalue weighted by Crippen LogP contribution is 1.84. The van der Waals surface area contributed by atoms with E-state index in [-0.39, 0.29) is 6.61 Å². The first-order valence-corrected chi connectivity index (χ1v) is 2.27. The first kappa shape index (κ1) is 6.66. The average molecular weight is 101 g/mol. The molecule has 2 heteroatoms. The fourth-order valence-corrected chi connectivity index (χ4v) is 0.266. The molecule has 0 saturated carbocycles. The predicted molar refractivity (Wildman–Crippen MR) is 29.9 cm³/mol. The topological polar surface area (TPSA) is 46.2 Å². The smallest absolute Gasteiger partial charge is 0.0639 e. The zero-order valence-electron chi connectivity index (χ0n) is 4.52. The molecule has 0 unspecified atom stereocenters. The minimum Gasteiger partial charge on any atom is -0.392 e. The molecular formula is C5H11NO. The molecule has 0 fully saturated rings.